The van der Waals surface area contributed by atoms with Crippen LogP contribution in [-0.4, -0.2) is 46.9 Å². The minimum Gasteiger partial charge on any atom is -0.481 e. The largest absolute Gasteiger partial charge is 0.481 e. The Labute approximate surface area is 116 Å². The molecule has 6 heteroatoms. The van der Waals surface area contributed by atoms with Gasteiger partial charge in [-0.25, -0.2) is 0 Å². The molecular formula is C14H16N2O4. The molecule has 1 atom stereocenters. The number of aryl methyl sites for hydroxylation is 1. The maximum atomic E-state index is 12.5. The number of carbonyl (C=O) groups excluding carboxylic acids is 2. The Bertz CT molecular complexity index is 556. The molecule has 1 saturated heterocycles. The van der Waals surface area contributed by atoms with Gasteiger partial charge >= 0.3 is 5.97 Å². The first-order valence-electron chi connectivity index (χ1n) is 6.37. The third-order valence-corrected chi connectivity index (χ3v) is 3.34. The molecule has 1 aliphatic rings. The Hall–Kier alpha value is -2.37. The van der Waals surface area contributed by atoms with E-state index in [0.29, 0.717) is 18.7 Å². The van der Waals surface area contributed by atoms with Crippen LogP contribution in [0.4, 0.5) is 0 Å². The molecular weight excluding hydrogens is 260 g/mol. The van der Waals surface area contributed by atoms with E-state index in [1.54, 1.807) is 12.1 Å². The predicted octanol–water partition coefficient (Wildman–Crippen LogP) is 0.410. The summed E-state index contributed by atoms with van der Waals surface area (Å²) in [5.74, 6) is -1.82. The summed E-state index contributed by atoms with van der Waals surface area (Å²) >= 11 is 0. The zero-order chi connectivity index (χ0) is 14.7. The molecule has 0 aliphatic carbocycles. The minimum atomic E-state index is -1.10. The van der Waals surface area contributed by atoms with Crippen LogP contribution in [0.15, 0.2) is 24.3 Å². The van der Waals surface area contributed by atoms with Crippen LogP contribution in [0.3, 0.4) is 0 Å². The van der Waals surface area contributed by atoms with E-state index in [4.69, 9.17) is 5.11 Å². The average Bonchev–Trinajstić information content (AvgIpc) is 2.40. The Balaban J connectivity index is 2.28. The zero-order valence-electron chi connectivity index (χ0n) is 11.1. The number of carboxylic acid groups (broad SMARTS) is 1. The topological polar surface area (TPSA) is 86.7 Å². The van der Waals surface area contributed by atoms with Crippen molar-refractivity contribution < 1.29 is 19.5 Å². The summed E-state index contributed by atoms with van der Waals surface area (Å²) in [5.41, 5.74) is 1.30. The van der Waals surface area contributed by atoms with Crippen LogP contribution in [0.5, 0.6) is 0 Å². The highest BCUT2D eigenvalue weighted by Gasteiger charge is 2.35. The van der Waals surface area contributed by atoms with Gasteiger partial charge in [0.1, 0.15) is 6.04 Å². The highest BCUT2D eigenvalue weighted by molar-refractivity contribution is 6.00. The molecule has 6 nitrogen and oxygen atoms in total. The number of hydrogen-bond acceptors (Lipinski definition) is 3. The fourth-order valence-electron chi connectivity index (χ4n) is 2.29. The molecule has 1 fully saturated rings. The molecule has 1 aromatic rings. The summed E-state index contributed by atoms with van der Waals surface area (Å²) in [6, 6.07) is 6.11. The first-order chi connectivity index (χ1) is 9.50. The first-order valence-corrected chi connectivity index (χ1v) is 6.37. The number of aliphatic carboxylic acids is 1. The zero-order valence-corrected chi connectivity index (χ0v) is 11.1. The van der Waals surface area contributed by atoms with E-state index in [2.05, 4.69) is 5.32 Å². The average molecular weight is 276 g/mol. The van der Waals surface area contributed by atoms with Crippen molar-refractivity contribution >= 4 is 17.8 Å². The number of hydrogen-bond donors (Lipinski definition) is 2. The van der Waals surface area contributed by atoms with Gasteiger partial charge < -0.3 is 15.3 Å². The van der Waals surface area contributed by atoms with Gasteiger partial charge in [-0.05, 0) is 18.6 Å². The molecule has 0 saturated carbocycles. The lowest BCUT2D eigenvalue weighted by Crippen LogP contribution is -2.57. The van der Waals surface area contributed by atoms with E-state index in [0.717, 1.165) is 5.56 Å². The van der Waals surface area contributed by atoms with Gasteiger partial charge in [-0.2, -0.15) is 0 Å². The second kappa shape index (κ2) is 5.73. The molecule has 0 aromatic heterocycles. The first kappa shape index (κ1) is 14.0. The number of nitrogens with one attached hydrogen (secondary N) is 1. The van der Waals surface area contributed by atoms with Crippen LogP contribution in [0, 0.1) is 6.92 Å². The van der Waals surface area contributed by atoms with Gasteiger partial charge in [-0.15, -0.1) is 0 Å². The van der Waals surface area contributed by atoms with Gasteiger partial charge in [-0.3, -0.25) is 14.4 Å². The van der Waals surface area contributed by atoms with Crippen molar-refractivity contribution in [2.45, 2.75) is 19.4 Å². The van der Waals surface area contributed by atoms with Crippen LogP contribution in [-0.2, 0) is 9.59 Å². The monoisotopic (exact) mass is 276 g/mol. The molecule has 0 spiro atoms. The van der Waals surface area contributed by atoms with Crippen molar-refractivity contribution in [3.05, 3.63) is 35.4 Å². The lowest BCUT2D eigenvalue weighted by Gasteiger charge is -2.34. The summed E-state index contributed by atoms with van der Waals surface area (Å²) in [4.78, 5) is 36.5. The quantitative estimate of drug-likeness (QED) is 0.837. The molecule has 0 radical (unpaired) electrons. The molecule has 20 heavy (non-hydrogen) atoms. The van der Waals surface area contributed by atoms with Crippen LogP contribution in [0.25, 0.3) is 0 Å². The molecule has 1 heterocycles. The van der Waals surface area contributed by atoms with Crippen LogP contribution in [0.2, 0.25) is 0 Å². The summed E-state index contributed by atoms with van der Waals surface area (Å²) in [6.45, 7) is 2.47. The van der Waals surface area contributed by atoms with Crippen LogP contribution >= 0.6 is 0 Å². The smallest absolute Gasteiger partial charge is 0.305 e. The van der Waals surface area contributed by atoms with E-state index >= 15 is 0 Å². The minimum absolute atomic E-state index is 0.302. The van der Waals surface area contributed by atoms with Crippen LogP contribution < -0.4 is 5.32 Å². The van der Waals surface area contributed by atoms with E-state index in [9.17, 15) is 14.4 Å². The van der Waals surface area contributed by atoms with Crippen molar-refractivity contribution in [2.75, 3.05) is 13.1 Å². The summed E-state index contributed by atoms with van der Waals surface area (Å²) in [6.07, 6.45) is -0.385. The highest BCUT2D eigenvalue weighted by atomic mass is 16.4. The van der Waals surface area contributed by atoms with Crippen molar-refractivity contribution in [2.24, 2.45) is 0 Å². The van der Waals surface area contributed by atoms with E-state index < -0.39 is 17.9 Å². The highest BCUT2D eigenvalue weighted by Crippen LogP contribution is 2.16. The Morgan fingerprint density at radius 3 is 2.75 bits per heavy atom. The normalized spacial score (nSPS) is 18.6. The second-order valence-electron chi connectivity index (χ2n) is 4.72. The van der Waals surface area contributed by atoms with Gasteiger partial charge in [0.25, 0.3) is 5.91 Å². The molecule has 2 N–H and O–H groups in total. The number of carboxylic acids is 1. The van der Waals surface area contributed by atoms with Crippen molar-refractivity contribution in [3.63, 3.8) is 0 Å². The van der Waals surface area contributed by atoms with Gasteiger partial charge in [0.05, 0.1) is 6.42 Å². The molecule has 1 aromatic carbocycles. The molecule has 106 valence electrons. The molecule has 1 aliphatic heterocycles. The SMILES string of the molecule is Cc1ccccc1C(=O)N1CCNC(=O)C1CC(=O)O. The maximum Gasteiger partial charge on any atom is 0.305 e. The standard InChI is InChI=1S/C14H16N2O4/c1-9-4-2-3-5-10(9)14(20)16-7-6-15-13(19)11(16)8-12(17)18/h2-5,11H,6-8H2,1H3,(H,15,19)(H,17,18). The number of amides is 2. The number of piperazine rings is 1. The predicted molar refractivity (Wildman–Crippen MR) is 71.3 cm³/mol. The van der Waals surface area contributed by atoms with Crippen LogP contribution in [0.1, 0.15) is 22.3 Å². The fraction of sp³-hybridized carbons (Fsp3) is 0.357. The third-order valence-electron chi connectivity index (χ3n) is 3.34. The van der Waals surface area contributed by atoms with Gasteiger partial charge in [0, 0.05) is 18.7 Å². The van der Waals surface area contributed by atoms with Gasteiger partial charge in [0.2, 0.25) is 5.91 Å². The van der Waals surface area contributed by atoms with Gasteiger partial charge in [0.15, 0.2) is 0 Å². The lowest BCUT2D eigenvalue weighted by atomic mass is 10.0. The summed E-state index contributed by atoms with van der Waals surface area (Å²) < 4.78 is 0. The maximum absolute atomic E-state index is 12.5. The van der Waals surface area contributed by atoms with Crippen molar-refractivity contribution in [3.8, 4) is 0 Å². The van der Waals surface area contributed by atoms with Crippen molar-refractivity contribution in [1.82, 2.24) is 10.2 Å². The third kappa shape index (κ3) is 2.79. The Morgan fingerprint density at radius 2 is 2.10 bits per heavy atom. The summed E-state index contributed by atoms with van der Waals surface area (Å²) in [7, 11) is 0. The number of benzene rings is 1. The van der Waals surface area contributed by atoms with E-state index in [-0.39, 0.29) is 12.3 Å². The van der Waals surface area contributed by atoms with E-state index in [1.165, 1.54) is 4.90 Å². The summed E-state index contributed by atoms with van der Waals surface area (Å²) in [5, 5.41) is 11.5. The Morgan fingerprint density at radius 1 is 1.40 bits per heavy atom. The number of nitrogens with zero attached hydrogens (tertiary/aromatic N) is 1. The molecule has 1 unspecified atom stereocenters. The second-order valence-corrected chi connectivity index (χ2v) is 4.72. The number of rotatable bonds is 3. The number of carbonyl (C=O) groups is 3. The van der Waals surface area contributed by atoms with E-state index in [1.807, 2.05) is 19.1 Å². The Kier molecular flexibility index (Phi) is 4.02. The molecule has 2 amide bonds. The van der Waals surface area contributed by atoms with Gasteiger partial charge in [-0.1, -0.05) is 18.2 Å². The fourth-order valence-corrected chi connectivity index (χ4v) is 2.29. The van der Waals surface area contributed by atoms with Crippen molar-refractivity contribution in [1.29, 1.82) is 0 Å². The molecule has 2 rings (SSSR count). The molecule has 0 bridgehead atoms. The lowest BCUT2D eigenvalue weighted by molar-refractivity contribution is -0.142.